The number of methoxy groups -OCH3 is 1. The molecule has 1 heterocycles. The lowest BCUT2D eigenvalue weighted by molar-refractivity contribution is 0.251. The van der Waals surface area contributed by atoms with Crippen molar-refractivity contribution in [2.45, 2.75) is 6.54 Å². The number of anilines is 2. The minimum atomic E-state index is -0.285. The third-order valence-electron chi connectivity index (χ3n) is 2.65. The van der Waals surface area contributed by atoms with Crippen molar-refractivity contribution in [2.75, 3.05) is 18.2 Å². The molecule has 1 aromatic carbocycles. The Kier molecular flexibility index (Phi) is 4.39. The van der Waals surface area contributed by atoms with E-state index in [2.05, 4.69) is 15.6 Å². The van der Waals surface area contributed by atoms with Gasteiger partial charge in [-0.2, -0.15) is 0 Å². The number of aromatic nitrogens is 1. The van der Waals surface area contributed by atoms with Crippen molar-refractivity contribution < 1.29 is 9.53 Å². The second-order valence-electron chi connectivity index (χ2n) is 4.13. The fourth-order valence-electron chi connectivity index (χ4n) is 1.57. The summed E-state index contributed by atoms with van der Waals surface area (Å²) in [5.74, 6) is 1.19. The maximum absolute atomic E-state index is 11.7. The van der Waals surface area contributed by atoms with E-state index in [1.807, 2.05) is 6.07 Å². The van der Waals surface area contributed by atoms with Gasteiger partial charge in [0.1, 0.15) is 11.6 Å². The van der Waals surface area contributed by atoms with Crippen molar-refractivity contribution in [3.8, 4) is 5.75 Å². The third-order valence-corrected chi connectivity index (χ3v) is 2.65. The molecule has 0 aliphatic heterocycles. The number of nitrogen functional groups attached to an aromatic ring is 1. The lowest BCUT2D eigenvalue weighted by atomic mass is 10.3. The summed E-state index contributed by atoms with van der Waals surface area (Å²) in [6.45, 7) is 0.384. The number of carbonyl (C=O) groups is 1. The molecule has 6 nitrogen and oxygen atoms in total. The van der Waals surface area contributed by atoms with E-state index >= 15 is 0 Å². The number of pyridine rings is 1. The maximum Gasteiger partial charge on any atom is 0.319 e. The summed E-state index contributed by atoms with van der Waals surface area (Å²) in [4.78, 5) is 15.7. The van der Waals surface area contributed by atoms with E-state index < -0.39 is 0 Å². The molecule has 20 heavy (non-hydrogen) atoms. The number of carbonyl (C=O) groups excluding carboxylic acids is 1. The molecule has 104 valence electrons. The van der Waals surface area contributed by atoms with Gasteiger partial charge in [-0.05, 0) is 35.9 Å². The standard InChI is InChI=1S/C14H16N4O2/c1-20-12-5-3-11(4-6-12)18-14(19)17-9-10-2-7-13(15)16-8-10/h2-8H,9H2,1H3,(H2,15,16)(H2,17,18,19). The lowest BCUT2D eigenvalue weighted by Crippen LogP contribution is -2.28. The summed E-state index contributed by atoms with van der Waals surface area (Å²) in [5, 5.41) is 5.46. The van der Waals surface area contributed by atoms with Crippen molar-refractivity contribution in [2.24, 2.45) is 0 Å². The quantitative estimate of drug-likeness (QED) is 0.794. The first-order valence-electron chi connectivity index (χ1n) is 6.06. The average molecular weight is 272 g/mol. The van der Waals surface area contributed by atoms with Crippen LogP contribution in [0.1, 0.15) is 5.56 Å². The minimum absolute atomic E-state index is 0.285. The molecule has 0 unspecified atom stereocenters. The fraction of sp³-hybridized carbons (Fsp3) is 0.143. The van der Waals surface area contributed by atoms with E-state index in [-0.39, 0.29) is 6.03 Å². The van der Waals surface area contributed by atoms with E-state index in [9.17, 15) is 4.79 Å². The third kappa shape index (κ3) is 3.88. The highest BCUT2D eigenvalue weighted by Gasteiger charge is 2.02. The Morgan fingerprint density at radius 2 is 2.00 bits per heavy atom. The predicted molar refractivity (Wildman–Crippen MR) is 77.5 cm³/mol. The van der Waals surface area contributed by atoms with Gasteiger partial charge in [0.2, 0.25) is 0 Å². The number of benzene rings is 1. The number of nitrogens with one attached hydrogen (secondary N) is 2. The number of hydrogen-bond acceptors (Lipinski definition) is 4. The van der Waals surface area contributed by atoms with Gasteiger partial charge < -0.3 is 21.1 Å². The van der Waals surface area contributed by atoms with Crippen molar-refractivity contribution in [1.82, 2.24) is 10.3 Å². The summed E-state index contributed by atoms with van der Waals surface area (Å²) >= 11 is 0. The molecule has 2 aromatic rings. The number of urea groups is 1. The summed E-state index contributed by atoms with van der Waals surface area (Å²) in [5.41, 5.74) is 7.06. The van der Waals surface area contributed by atoms with Gasteiger partial charge in [0.25, 0.3) is 0 Å². The Bertz CT molecular complexity index is 567. The van der Waals surface area contributed by atoms with Gasteiger partial charge in [0.05, 0.1) is 7.11 Å². The van der Waals surface area contributed by atoms with Gasteiger partial charge >= 0.3 is 6.03 Å². The monoisotopic (exact) mass is 272 g/mol. The molecule has 0 saturated carbocycles. The van der Waals surface area contributed by atoms with Crippen molar-refractivity contribution >= 4 is 17.5 Å². The van der Waals surface area contributed by atoms with E-state index in [1.165, 1.54) is 0 Å². The molecule has 2 rings (SSSR count). The van der Waals surface area contributed by atoms with Gasteiger partial charge in [-0.15, -0.1) is 0 Å². The van der Waals surface area contributed by atoms with Gasteiger partial charge in [-0.25, -0.2) is 9.78 Å². The van der Waals surface area contributed by atoms with Crippen LogP contribution in [0.3, 0.4) is 0 Å². The molecule has 0 aliphatic carbocycles. The molecule has 0 spiro atoms. The summed E-state index contributed by atoms with van der Waals surface area (Å²) in [7, 11) is 1.59. The molecule has 0 bridgehead atoms. The zero-order valence-corrected chi connectivity index (χ0v) is 11.1. The zero-order chi connectivity index (χ0) is 14.4. The van der Waals surface area contributed by atoms with Crippen LogP contribution in [-0.4, -0.2) is 18.1 Å². The van der Waals surface area contributed by atoms with Crippen molar-refractivity contribution in [3.05, 3.63) is 48.2 Å². The van der Waals surface area contributed by atoms with E-state index in [0.29, 0.717) is 18.1 Å². The average Bonchev–Trinajstić information content (AvgIpc) is 2.47. The number of rotatable bonds is 4. The fourth-order valence-corrected chi connectivity index (χ4v) is 1.57. The van der Waals surface area contributed by atoms with Crippen LogP contribution in [0.5, 0.6) is 5.75 Å². The molecule has 2 amide bonds. The van der Waals surface area contributed by atoms with Gasteiger partial charge in [0.15, 0.2) is 0 Å². The highest BCUT2D eigenvalue weighted by atomic mass is 16.5. The van der Waals surface area contributed by atoms with Gasteiger partial charge in [-0.3, -0.25) is 0 Å². The maximum atomic E-state index is 11.7. The molecule has 0 saturated heterocycles. The van der Waals surface area contributed by atoms with Crippen LogP contribution in [0.4, 0.5) is 16.3 Å². The Morgan fingerprint density at radius 3 is 2.60 bits per heavy atom. The van der Waals surface area contributed by atoms with Crippen LogP contribution in [0.2, 0.25) is 0 Å². The smallest absolute Gasteiger partial charge is 0.319 e. The number of nitrogens with zero attached hydrogens (tertiary/aromatic N) is 1. The molecule has 0 aliphatic rings. The number of amides is 2. The number of hydrogen-bond donors (Lipinski definition) is 3. The Balaban J connectivity index is 1.84. The molecule has 6 heteroatoms. The van der Waals surface area contributed by atoms with Crippen molar-refractivity contribution in [3.63, 3.8) is 0 Å². The van der Waals surface area contributed by atoms with Crippen LogP contribution in [0.15, 0.2) is 42.6 Å². The second kappa shape index (κ2) is 6.42. The zero-order valence-electron chi connectivity index (χ0n) is 11.1. The summed E-state index contributed by atoms with van der Waals surface area (Å²) in [6, 6.07) is 10.3. The first-order chi connectivity index (χ1) is 9.67. The Hall–Kier alpha value is -2.76. The SMILES string of the molecule is COc1ccc(NC(=O)NCc2ccc(N)nc2)cc1. The molecular formula is C14H16N4O2. The van der Waals surface area contributed by atoms with Crippen LogP contribution in [0.25, 0.3) is 0 Å². The number of ether oxygens (including phenoxy) is 1. The first kappa shape index (κ1) is 13.7. The first-order valence-corrected chi connectivity index (χ1v) is 6.06. The normalized spacial score (nSPS) is 9.85. The number of nitrogens with two attached hydrogens (primary N) is 1. The minimum Gasteiger partial charge on any atom is -0.497 e. The predicted octanol–water partition coefficient (Wildman–Crippen LogP) is 1.99. The largest absolute Gasteiger partial charge is 0.497 e. The lowest BCUT2D eigenvalue weighted by Gasteiger charge is -2.08. The summed E-state index contributed by atoms with van der Waals surface area (Å²) in [6.07, 6.45) is 1.63. The molecule has 0 radical (unpaired) electrons. The van der Waals surface area contributed by atoms with Gasteiger partial charge in [0, 0.05) is 18.4 Å². The van der Waals surface area contributed by atoms with Crippen molar-refractivity contribution in [1.29, 1.82) is 0 Å². The Morgan fingerprint density at radius 1 is 1.25 bits per heavy atom. The second-order valence-corrected chi connectivity index (χ2v) is 4.13. The van der Waals surface area contributed by atoms with Crippen LogP contribution >= 0.6 is 0 Å². The van der Waals surface area contributed by atoms with Crippen LogP contribution in [-0.2, 0) is 6.54 Å². The van der Waals surface area contributed by atoms with E-state index in [4.69, 9.17) is 10.5 Å². The van der Waals surface area contributed by atoms with E-state index in [1.54, 1.807) is 43.6 Å². The topological polar surface area (TPSA) is 89.3 Å². The molecular weight excluding hydrogens is 256 g/mol. The molecule has 0 fully saturated rings. The summed E-state index contributed by atoms with van der Waals surface area (Å²) < 4.78 is 5.04. The highest BCUT2D eigenvalue weighted by Crippen LogP contribution is 2.14. The van der Waals surface area contributed by atoms with Crippen LogP contribution < -0.4 is 21.1 Å². The molecule has 1 aromatic heterocycles. The van der Waals surface area contributed by atoms with Gasteiger partial charge in [-0.1, -0.05) is 6.07 Å². The van der Waals surface area contributed by atoms with Crippen LogP contribution in [0, 0.1) is 0 Å². The molecule has 0 atom stereocenters. The Labute approximate surface area is 117 Å². The van der Waals surface area contributed by atoms with E-state index in [0.717, 1.165) is 11.3 Å². The molecule has 4 N–H and O–H groups in total. The highest BCUT2D eigenvalue weighted by molar-refractivity contribution is 5.89.